The van der Waals surface area contributed by atoms with E-state index in [9.17, 15) is 10.4 Å². The van der Waals surface area contributed by atoms with Gasteiger partial charge in [-0.15, -0.1) is 0 Å². The van der Waals surface area contributed by atoms with E-state index in [1.54, 1.807) is 7.11 Å². The lowest BCUT2D eigenvalue weighted by Gasteiger charge is -2.64. The van der Waals surface area contributed by atoms with Crippen LogP contribution in [0.5, 0.6) is 5.75 Å². The summed E-state index contributed by atoms with van der Waals surface area (Å²) in [6, 6.07) is 7.13. The maximum absolute atomic E-state index is 11.3. The molecular formula is C24H30ClN3O2. The highest BCUT2D eigenvalue weighted by molar-refractivity contribution is 6.37. The van der Waals surface area contributed by atoms with Crippen LogP contribution < -0.4 is 4.74 Å². The summed E-state index contributed by atoms with van der Waals surface area (Å²) < 4.78 is 5.40. The number of halogens is 1. The van der Waals surface area contributed by atoms with Crippen LogP contribution in [0, 0.1) is 22.2 Å². The van der Waals surface area contributed by atoms with Crippen LogP contribution in [0.4, 0.5) is 0 Å². The van der Waals surface area contributed by atoms with Gasteiger partial charge in [-0.1, -0.05) is 25.4 Å². The molecule has 2 saturated carbocycles. The van der Waals surface area contributed by atoms with Gasteiger partial charge in [0.2, 0.25) is 0 Å². The third-order valence-electron chi connectivity index (χ3n) is 7.99. The van der Waals surface area contributed by atoms with Gasteiger partial charge in [0.15, 0.2) is 0 Å². The van der Waals surface area contributed by atoms with E-state index in [-0.39, 0.29) is 16.7 Å². The number of methoxy groups -OCH3 is 1. The molecular weight excluding hydrogens is 398 g/mol. The summed E-state index contributed by atoms with van der Waals surface area (Å²) in [5.41, 5.74) is 2.17. The lowest BCUT2D eigenvalue weighted by Crippen LogP contribution is -2.66. The summed E-state index contributed by atoms with van der Waals surface area (Å²) in [6.07, 6.45) is 7.15. The number of aromatic amines is 1. The highest BCUT2D eigenvalue weighted by atomic mass is 35.5. The third kappa shape index (κ3) is 2.96. The fourth-order valence-electron chi connectivity index (χ4n) is 7.09. The van der Waals surface area contributed by atoms with Crippen molar-refractivity contribution in [1.82, 2.24) is 9.88 Å². The molecule has 2 saturated heterocycles. The van der Waals surface area contributed by atoms with Gasteiger partial charge in [0.05, 0.1) is 23.6 Å². The minimum atomic E-state index is -0.510. The number of benzene rings is 1. The minimum Gasteiger partial charge on any atom is -0.495 e. The Balaban J connectivity index is 1.39. The van der Waals surface area contributed by atoms with Gasteiger partial charge in [0, 0.05) is 29.2 Å². The molecule has 6 heteroatoms. The fraction of sp³-hybridized carbons (Fsp3) is 0.625. The smallest absolute Gasteiger partial charge is 0.138 e. The molecule has 160 valence electrons. The van der Waals surface area contributed by atoms with Crippen molar-refractivity contribution in [2.24, 2.45) is 10.8 Å². The van der Waals surface area contributed by atoms with Gasteiger partial charge in [-0.05, 0) is 67.6 Å². The predicted octanol–water partition coefficient (Wildman–Crippen LogP) is 5.19. The highest BCUT2D eigenvalue weighted by Gasteiger charge is 2.60. The number of piperidine rings is 2. The van der Waals surface area contributed by atoms with Gasteiger partial charge in [0.1, 0.15) is 12.0 Å². The number of H-pyrrole nitrogens is 1. The number of ether oxygens (including phenoxy) is 1. The second-order valence-electron chi connectivity index (χ2n) is 10.3. The van der Waals surface area contributed by atoms with E-state index in [1.165, 1.54) is 0 Å². The molecule has 0 radical (unpaired) electrons. The summed E-state index contributed by atoms with van der Waals surface area (Å²) >= 11 is 6.61. The van der Waals surface area contributed by atoms with Gasteiger partial charge in [0.25, 0.3) is 0 Å². The molecule has 2 aliphatic carbocycles. The minimum absolute atomic E-state index is 0.135. The van der Waals surface area contributed by atoms with Crippen LogP contribution in [0.1, 0.15) is 63.9 Å². The molecule has 2 aromatic rings. The zero-order valence-corrected chi connectivity index (χ0v) is 18.7. The Morgan fingerprint density at radius 3 is 2.67 bits per heavy atom. The number of aliphatic hydroxyl groups is 1. The number of rotatable bonds is 5. The van der Waals surface area contributed by atoms with Crippen molar-refractivity contribution in [1.29, 1.82) is 5.26 Å². The average molecular weight is 428 g/mol. The summed E-state index contributed by atoms with van der Waals surface area (Å²) in [7, 11) is 1.63. The normalized spacial score (nSPS) is 34.8. The molecule has 4 unspecified atom stereocenters. The average Bonchev–Trinajstić information content (AvgIpc) is 3.12. The zero-order chi connectivity index (χ0) is 21.3. The van der Waals surface area contributed by atoms with Crippen LogP contribution in [0.25, 0.3) is 10.9 Å². The second-order valence-corrected chi connectivity index (χ2v) is 10.7. The molecule has 1 aromatic carbocycles. The van der Waals surface area contributed by atoms with Crippen LogP contribution >= 0.6 is 11.6 Å². The predicted molar refractivity (Wildman–Crippen MR) is 118 cm³/mol. The Kier molecular flexibility index (Phi) is 4.63. The molecule has 4 fully saturated rings. The molecule has 4 atom stereocenters. The Hall–Kier alpha value is -1.74. The number of hydrogen-bond donors (Lipinski definition) is 2. The van der Waals surface area contributed by atoms with Crippen LogP contribution in [-0.2, 0) is 0 Å². The Morgan fingerprint density at radius 1 is 1.33 bits per heavy atom. The van der Waals surface area contributed by atoms with E-state index in [1.807, 2.05) is 18.3 Å². The Morgan fingerprint density at radius 2 is 2.03 bits per heavy atom. The van der Waals surface area contributed by atoms with Crippen molar-refractivity contribution in [3.8, 4) is 11.8 Å². The van der Waals surface area contributed by atoms with Gasteiger partial charge < -0.3 is 14.8 Å². The molecule has 5 nitrogen and oxygen atoms in total. The van der Waals surface area contributed by atoms with Crippen molar-refractivity contribution >= 4 is 22.5 Å². The number of nitriles is 1. The van der Waals surface area contributed by atoms with E-state index in [2.05, 4.69) is 29.8 Å². The molecule has 2 aliphatic heterocycles. The van der Waals surface area contributed by atoms with E-state index < -0.39 is 6.23 Å². The standard InChI is InChI=1S/C24H30ClN3O2/c1-14(17-11-27-18-4-5-19(30-3)22(25)21(17)18)6-20(29)28-15-7-23(2)8-16(28)10-24(9-15,12-23)13-26/h4-5,11,14-16,20,27,29H,6-10,12H2,1-3H3. The highest BCUT2D eigenvalue weighted by Crippen LogP contribution is 2.61. The van der Waals surface area contributed by atoms with Crippen molar-refractivity contribution in [3.63, 3.8) is 0 Å². The number of aliphatic hydroxyl groups excluding tert-OH is 1. The molecule has 4 bridgehead atoms. The monoisotopic (exact) mass is 427 g/mol. The summed E-state index contributed by atoms with van der Waals surface area (Å²) in [6.45, 7) is 4.49. The first-order chi connectivity index (χ1) is 14.3. The van der Waals surface area contributed by atoms with Crippen LogP contribution in [0.15, 0.2) is 18.3 Å². The summed E-state index contributed by atoms with van der Waals surface area (Å²) in [4.78, 5) is 5.65. The maximum atomic E-state index is 11.3. The Bertz CT molecular complexity index is 1010. The SMILES string of the molecule is COc1ccc2[nH]cc(C(C)CC(O)N3C4CC5(C)CC3CC(C#N)(C4)C5)c2c1Cl. The van der Waals surface area contributed by atoms with Crippen molar-refractivity contribution in [2.45, 2.75) is 76.6 Å². The van der Waals surface area contributed by atoms with Gasteiger partial charge in [-0.3, -0.25) is 4.90 Å². The quantitative estimate of drug-likeness (QED) is 0.688. The van der Waals surface area contributed by atoms with Gasteiger partial charge >= 0.3 is 0 Å². The van der Waals surface area contributed by atoms with Gasteiger partial charge in [-0.2, -0.15) is 5.26 Å². The molecule has 0 amide bonds. The summed E-state index contributed by atoms with van der Waals surface area (Å²) in [5, 5.41) is 22.8. The third-order valence-corrected chi connectivity index (χ3v) is 8.37. The van der Waals surface area contributed by atoms with Crippen LogP contribution in [0.2, 0.25) is 5.02 Å². The first-order valence-electron chi connectivity index (χ1n) is 11.0. The first kappa shape index (κ1) is 20.2. The van der Waals surface area contributed by atoms with Crippen molar-refractivity contribution in [3.05, 3.63) is 28.9 Å². The lowest BCUT2D eigenvalue weighted by atomic mass is 9.50. The second kappa shape index (κ2) is 6.88. The zero-order valence-electron chi connectivity index (χ0n) is 17.9. The summed E-state index contributed by atoms with van der Waals surface area (Å²) in [5.74, 6) is 0.800. The van der Waals surface area contributed by atoms with E-state index in [0.29, 0.717) is 29.3 Å². The van der Waals surface area contributed by atoms with Crippen molar-refractivity contribution in [2.75, 3.05) is 7.11 Å². The maximum Gasteiger partial charge on any atom is 0.138 e. The molecule has 1 aromatic heterocycles. The first-order valence-corrected chi connectivity index (χ1v) is 11.4. The van der Waals surface area contributed by atoms with E-state index >= 15 is 0 Å². The fourth-order valence-corrected chi connectivity index (χ4v) is 7.44. The number of nitrogens with one attached hydrogen (secondary N) is 1. The molecule has 2 N–H and O–H groups in total. The van der Waals surface area contributed by atoms with Gasteiger partial charge in [-0.25, -0.2) is 0 Å². The number of fused-ring (bicyclic) bond motifs is 1. The van der Waals surface area contributed by atoms with E-state index in [4.69, 9.17) is 16.3 Å². The molecule has 0 spiro atoms. The van der Waals surface area contributed by atoms with Crippen LogP contribution in [-0.4, -0.2) is 40.4 Å². The van der Waals surface area contributed by atoms with Crippen LogP contribution in [0.3, 0.4) is 0 Å². The van der Waals surface area contributed by atoms with Crippen molar-refractivity contribution < 1.29 is 9.84 Å². The number of aromatic nitrogens is 1. The number of hydrogen-bond acceptors (Lipinski definition) is 4. The lowest BCUT2D eigenvalue weighted by molar-refractivity contribution is -0.182. The molecule has 3 heterocycles. The molecule has 4 aliphatic rings. The largest absolute Gasteiger partial charge is 0.495 e. The molecule has 6 rings (SSSR count). The van der Waals surface area contributed by atoms with E-state index in [0.717, 1.165) is 48.6 Å². The number of nitrogens with zero attached hydrogens (tertiary/aromatic N) is 2. The topological polar surface area (TPSA) is 72.3 Å². The Labute approximate surface area is 183 Å². The molecule has 30 heavy (non-hydrogen) atoms.